The molecule has 5 rings (SSSR count). The number of aliphatic hydroxyl groups excluding tert-OH is 1. The molecule has 0 aromatic heterocycles. The first-order valence-corrected chi connectivity index (χ1v) is 14.7. The zero-order chi connectivity index (χ0) is 29.9. The van der Waals surface area contributed by atoms with E-state index in [2.05, 4.69) is 5.32 Å². The molecule has 1 amide bonds. The monoisotopic (exact) mass is 581 g/mol. The third-order valence-corrected chi connectivity index (χ3v) is 7.52. The van der Waals surface area contributed by atoms with Gasteiger partial charge >= 0.3 is 0 Å². The standard InChI is InChI=1S/C36H39NO6/c1-26(38)37-32-35(33(39)30-20-12-5-13-21-30)43-31(25-40-22-27-14-6-2-7-15-27)34(41-23-28-16-8-3-9-17-28)36(32)42-24-29-18-10-4-11-19-29/h2-21,31-36,39H,22-25H2,1H3,(H,37,38)/t31-,32+,33?,34-,35-,36-/m1/s1. The summed E-state index contributed by atoms with van der Waals surface area (Å²) < 4.78 is 26.0. The van der Waals surface area contributed by atoms with Crippen LogP contribution in [-0.2, 0) is 43.6 Å². The van der Waals surface area contributed by atoms with Crippen molar-refractivity contribution in [1.82, 2.24) is 5.32 Å². The van der Waals surface area contributed by atoms with E-state index in [1.54, 1.807) is 0 Å². The molecule has 1 heterocycles. The Morgan fingerprint density at radius 2 is 1.19 bits per heavy atom. The van der Waals surface area contributed by atoms with Gasteiger partial charge in [0.2, 0.25) is 5.91 Å². The number of rotatable bonds is 13. The molecule has 1 aliphatic rings. The highest BCUT2D eigenvalue weighted by molar-refractivity contribution is 5.73. The first-order chi connectivity index (χ1) is 21.1. The Morgan fingerprint density at radius 1 is 0.721 bits per heavy atom. The van der Waals surface area contributed by atoms with Crippen molar-refractivity contribution in [1.29, 1.82) is 0 Å². The Bertz CT molecular complexity index is 1370. The number of hydrogen-bond donors (Lipinski definition) is 2. The van der Waals surface area contributed by atoms with Crippen LogP contribution in [0, 0.1) is 0 Å². The molecular formula is C36H39NO6. The fourth-order valence-corrected chi connectivity index (χ4v) is 5.41. The number of benzene rings is 4. The Morgan fingerprint density at radius 3 is 1.70 bits per heavy atom. The highest BCUT2D eigenvalue weighted by atomic mass is 16.6. The van der Waals surface area contributed by atoms with E-state index < -0.39 is 36.6 Å². The Hall–Kier alpha value is -3.85. The highest BCUT2D eigenvalue weighted by Crippen LogP contribution is 2.34. The quantitative estimate of drug-likeness (QED) is 0.221. The third-order valence-electron chi connectivity index (χ3n) is 7.52. The van der Waals surface area contributed by atoms with Crippen LogP contribution >= 0.6 is 0 Å². The predicted molar refractivity (Wildman–Crippen MR) is 164 cm³/mol. The lowest BCUT2D eigenvalue weighted by molar-refractivity contribution is -0.248. The SMILES string of the molecule is CC(=O)N[C@@H]1[C@@H](OCc2ccccc2)[C@H](OCc2ccccc2)[C@@H](COCc2ccccc2)O[C@H]1C(O)c1ccccc1. The van der Waals surface area contributed by atoms with Gasteiger partial charge in [-0.3, -0.25) is 4.79 Å². The fraction of sp³-hybridized carbons (Fsp3) is 0.306. The summed E-state index contributed by atoms with van der Waals surface area (Å²) in [4.78, 5) is 12.6. The molecule has 1 unspecified atom stereocenters. The van der Waals surface area contributed by atoms with Gasteiger partial charge in [0.1, 0.15) is 30.5 Å². The summed E-state index contributed by atoms with van der Waals surface area (Å²) in [7, 11) is 0. The Kier molecular flexibility index (Phi) is 11.1. The number of carbonyl (C=O) groups is 1. The summed E-state index contributed by atoms with van der Waals surface area (Å²) in [5.74, 6) is -0.257. The van der Waals surface area contributed by atoms with E-state index in [4.69, 9.17) is 18.9 Å². The average molecular weight is 582 g/mol. The molecular weight excluding hydrogens is 542 g/mol. The van der Waals surface area contributed by atoms with E-state index in [1.165, 1.54) is 6.92 Å². The van der Waals surface area contributed by atoms with Crippen LogP contribution in [0.1, 0.15) is 35.3 Å². The van der Waals surface area contributed by atoms with Crippen molar-refractivity contribution < 1.29 is 28.8 Å². The molecule has 43 heavy (non-hydrogen) atoms. The summed E-state index contributed by atoms with van der Waals surface area (Å²) in [5, 5.41) is 14.7. The topological polar surface area (TPSA) is 86.3 Å². The van der Waals surface area contributed by atoms with E-state index in [9.17, 15) is 9.90 Å². The van der Waals surface area contributed by atoms with E-state index in [0.29, 0.717) is 25.4 Å². The summed E-state index contributed by atoms with van der Waals surface area (Å²) >= 11 is 0. The van der Waals surface area contributed by atoms with Crippen molar-refractivity contribution in [3.8, 4) is 0 Å². The maximum atomic E-state index is 12.6. The van der Waals surface area contributed by atoms with Crippen molar-refractivity contribution in [2.24, 2.45) is 0 Å². The smallest absolute Gasteiger partial charge is 0.217 e. The molecule has 2 N–H and O–H groups in total. The van der Waals surface area contributed by atoms with E-state index in [0.717, 1.165) is 16.7 Å². The number of hydrogen-bond acceptors (Lipinski definition) is 6. The van der Waals surface area contributed by atoms with E-state index in [1.807, 2.05) is 121 Å². The summed E-state index contributed by atoms with van der Waals surface area (Å²) in [6, 6.07) is 38.3. The van der Waals surface area contributed by atoms with Gasteiger partial charge < -0.3 is 29.4 Å². The molecule has 0 saturated carbocycles. The van der Waals surface area contributed by atoms with Crippen molar-refractivity contribution in [2.45, 2.75) is 63.3 Å². The van der Waals surface area contributed by atoms with Crippen molar-refractivity contribution in [3.05, 3.63) is 144 Å². The van der Waals surface area contributed by atoms with Crippen LogP contribution in [0.25, 0.3) is 0 Å². The lowest BCUT2D eigenvalue weighted by Crippen LogP contribution is -2.66. The molecule has 224 valence electrons. The van der Waals surface area contributed by atoms with Gasteiger partial charge in [0.25, 0.3) is 0 Å². The lowest BCUT2D eigenvalue weighted by Gasteiger charge is -2.48. The van der Waals surface area contributed by atoms with Gasteiger partial charge in [0.05, 0.1) is 32.5 Å². The zero-order valence-corrected chi connectivity index (χ0v) is 24.3. The average Bonchev–Trinajstić information content (AvgIpc) is 3.05. The van der Waals surface area contributed by atoms with Crippen molar-refractivity contribution >= 4 is 5.91 Å². The molecule has 0 radical (unpaired) electrons. The van der Waals surface area contributed by atoms with Crippen LogP contribution in [-0.4, -0.2) is 48.1 Å². The number of aliphatic hydroxyl groups is 1. The highest BCUT2D eigenvalue weighted by Gasteiger charge is 2.50. The molecule has 7 heteroatoms. The largest absolute Gasteiger partial charge is 0.386 e. The van der Waals surface area contributed by atoms with Gasteiger partial charge in [0.15, 0.2) is 0 Å². The number of amides is 1. The van der Waals surface area contributed by atoms with Crippen LogP contribution < -0.4 is 5.32 Å². The number of ether oxygens (including phenoxy) is 4. The van der Waals surface area contributed by atoms with Crippen molar-refractivity contribution in [3.63, 3.8) is 0 Å². The van der Waals surface area contributed by atoms with Gasteiger partial charge in [-0.1, -0.05) is 121 Å². The lowest BCUT2D eigenvalue weighted by atomic mass is 9.87. The molecule has 6 atom stereocenters. The summed E-state index contributed by atoms with van der Waals surface area (Å²) in [5.41, 5.74) is 3.69. The van der Waals surface area contributed by atoms with Gasteiger partial charge in [-0.25, -0.2) is 0 Å². The molecule has 4 aromatic rings. The molecule has 7 nitrogen and oxygen atoms in total. The number of nitrogens with one attached hydrogen (secondary N) is 1. The first-order valence-electron chi connectivity index (χ1n) is 14.7. The summed E-state index contributed by atoms with van der Waals surface area (Å²) in [6.07, 6.45) is -3.73. The first kappa shape index (κ1) is 30.6. The maximum Gasteiger partial charge on any atom is 0.217 e. The van der Waals surface area contributed by atoms with Gasteiger partial charge in [0, 0.05) is 6.92 Å². The molecule has 0 spiro atoms. The predicted octanol–water partition coefficient (Wildman–Crippen LogP) is 5.38. The zero-order valence-electron chi connectivity index (χ0n) is 24.3. The van der Waals surface area contributed by atoms with Gasteiger partial charge in [-0.05, 0) is 22.3 Å². The molecule has 0 bridgehead atoms. The Balaban J connectivity index is 1.47. The maximum absolute atomic E-state index is 12.6. The molecule has 1 saturated heterocycles. The van der Waals surface area contributed by atoms with Crippen LogP contribution in [0.4, 0.5) is 0 Å². The second-order valence-electron chi connectivity index (χ2n) is 10.7. The minimum atomic E-state index is -1.03. The molecule has 4 aromatic carbocycles. The van der Waals surface area contributed by atoms with E-state index in [-0.39, 0.29) is 12.5 Å². The molecule has 1 aliphatic heterocycles. The minimum absolute atomic E-state index is 0.199. The second-order valence-corrected chi connectivity index (χ2v) is 10.7. The fourth-order valence-electron chi connectivity index (χ4n) is 5.41. The van der Waals surface area contributed by atoms with Crippen molar-refractivity contribution in [2.75, 3.05) is 6.61 Å². The van der Waals surface area contributed by atoms with Gasteiger partial charge in [-0.2, -0.15) is 0 Å². The third kappa shape index (κ3) is 8.60. The van der Waals surface area contributed by atoms with Crippen LogP contribution in [0.15, 0.2) is 121 Å². The number of carbonyl (C=O) groups excluding carboxylic acids is 1. The van der Waals surface area contributed by atoms with Crippen LogP contribution in [0.3, 0.4) is 0 Å². The van der Waals surface area contributed by atoms with E-state index >= 15 is 0 Å². The van der Waals surface area contributed by atoms with Gasteiger partial charge in [-0.15, -0.1) is 0 Å². The molecule has 0 aliphatic carbocycles. The summed E-state index contributed by atoms with van der Waals surface area (Å²) in [6.45, 7) is 2.65. The molecule has 1 fully saturated rings. The van der Waals surface area contributed by atoms with Crippen LogP contribution in [0.2, 0.25) is 0 Å². The normalized spacial score (nSPS) is 22.5. The Labute approximate surface area is 253 Å². The minimum Gasteiger partial charge on any atom is -0.386 e. The van der Waals surface area contributed by atoms with Crippen LogP contribution in [0.5, 0.6) is 0 Å². The second kappa shape index (κ2) is 15.6.